The van der Waals surface area contributed by atoms with Crippen LogP contribution in [0.3, 0.4) is 0 Å². The monoisotopic (exact) mass is 235 g/mol. The van der Waals surface area contributed by atoms with Crippen molar-refractivity contribution < 1.29 is 0 Å². The lowest BCUT2D eigenvalue weighted by atomic mass is 9.98. The Morgan fingerprint density at radius 1 is 1.38 bits per heavy atom. The van der Waals surface area contributed by atoms with E-state index in [0.717, 1.165) is 0 Å². The van der Waals surface area contributed by atoms with Crippen molar-refractivity contribution in [1.82, 2.24) is 5.32 Å². The van der Waals surface area contributed by atoms with Crippen LogP contribution in [-0.4, -0.2) is 11.3 Å². The molecule has 2 unspecified atom stereocenters. The molecule has 1 nitrogen and oxygen atoms in total. The molecule has 0 amide bonds. The van der Waals surface area contributed by atoms with Gasteiger partial charge in [-0.1, -0.05) is 39.0 Å². The van der Waals surface area contributed by atoms with E-state index in [-0.39, 0.29) is 0 Å². The Hall–Kier alpha value is -0.470. The molecule has 1 aliphatic rings. The third-order valence-corrected chi connectivity index (χ3v) is 4.43. The zero-order chi connectivity index (χ0) is 11.7. The Kier molecular flexibility index (Phi) is 3.60. The van der Waals surface area contributed by atoms with E-state index in [4.69, 9.17) is 0 Å². The van der Waals surface area contributed by atoms with Crippen LogP contribution >= 0.6 is 11.8 Å². The Bertz CT molecular complexity index is 373. The first-order valence-corrected chi connectivity index (χ1v) is 6.98. The molecule has 0 saturated heterocycles. The van der Waals surface area contributed by atoms with Crippen LogP contribution in [0.25, 0.3) is 0 Å². The van der Waals surface area contributed by atoms with Crippen molar-refractivity contribution in [1.29, 1.82) is 0 Å². The Morgan fingerprint density at radius 3 is 2.81 bits per heavy atom. The molecule has 1 aliphatic heterocycles. The normalized spacial score (nSPS) is 24.6. The molecule has 2 atom stereocenters. The molecule has 0 spiro atoms. The Balaban J connectivity index is 2.34. The van der Waals surface area contributed by atoms with E-state index < -0.39 is 0 Å². The van der Waals surface area contributed by atoms with Crippen molar-refractivity contribution in [3.05, 3.63) is 29.3 Å². The fraction of sp³-hybridized carbons (Fsp3) is 0.571. The molecule has 16 heavy (non-hydrogen) atoms. The molecule has 88 valence electrons. The van der Waals surface area contributed by atoms with Crippen LogP contribution < -0.4 is 5.32 Å². The molecule has 2 rings (SSSR count). The van der Waals surface area contributed by atoms with Crippen LogP contribution in [0.15, 0.2) is 23.1 Å². The van der Waals surface area contributed by atoms with E-state index in [9.17, 15) is 0 Å². The zero-order valence-electron chi connectivity index (χ0n) is 10.6. The summed E-state index contributed by atoms with van der Waals surface area (Å²) in [6.45, 7) is 9.00. The van der Waals surface area contributed by atoms with Crippen LogP contribution in [0.2, 0.25) is 0 Å². The van der Waals surface area contributed by atoms with Gasteiger partial charge in [0, 0.05) is 22.2 Å². The van der Waals surface area contributed by atoms with Gasteiger partial charge < -0.3 is 5.32 Å². The third-order valence-electron chi connectivity index (χ3n) is 3.04. The summed E-state index contributed by atoms with van der Waals surface area (Å²) < 4.78 is 0. The van der Waals surface area contributed by atoms with Crippen molar-refractivity contribution in [2.75, 3.05) is 0 Å². The minimum absolute atomic E-state index is 0.533. The SMILES string of the molecule is Cc1cccc2c1SC(C)CC2NC(C)C. The number of rotatable bonds is 2. The summed E-state index contributed by atoms with van der Waals surface area (Å²) in [4.78, 5) is 1.50. The highest BCUT2D eigenvalue weighted by Crippen LogP contribution is 2.42. The van der Waals surface area contributed by atoms with E-state index in [1.165, 1.54) is 22.4 Å². The predicted molar refractivity (Wildman–Crippen MR) is 72.1 cm³/mol. The van der Waals surface area contributed by atoms with E-state index >= 15 is 0 Å². The maximum absolute atomic E-state index is 3.68. The van der Waals surface area contributed by atoms with Crippen LogP contribution in [-0.2, 0) is 0 Å². The lowest BCUT2D eigenvalue weighted by Gasteiger charge is -2.32. The second-order valence-electron chi connectivity index (χ2n) is 5.03. The molecular weight excluding hydrogens is 214 g/mol. The molecule has 1 heterocycles. The Labute approximate surface area is 103 Å². The van der Waals surface area contributed by atoms with Gasteiger partial charge in [0.2, 0.25) is 0 Å². The minimum Gasteiger partial charge on any atom is -0.308 e. The number of nitrogens with one attached hydrogen (secondary N) is 1. The molecule has 1 aromatic carbocycles. The fourth-order valence-electron chi connectivity index (χ4n) is 2.38. The van der Waals surface area contributed by atoms with Gasteiger partial charge in [0.1, 0.15) is 0 Å². The second-order valence-corrected chi connectivity index (χ2v) is 6.48. The molecule has 0 aliphatic carbocycles. The molecule has 0 saturated carbocycles. The molecular formula is C14H21NS. The van der Waals surface area contributed by atoms with E-state index in [2.05, 4.69) is 51.2 Å². The lowest BCUT2D eigenvalue weighted by molar-refractivity contribution is 0.441. The van der Waals surface area contributed by atoms with Gasteiger partial charge in [-0.2, -0.15) is 0 Å². The second kappa shape index (κ2) is 4.80. The van der Waals surface area contributed by atoms with Gasteiger partial charge in [-0.15, -0.1) is 11.8 Å². The number of hydrogen-bond donors (Lipinski definition) is 1. The average Bonchev–Trinajstić information content (AvgIpc) is 2.18. The summed E-state index contributed by atoms with van der Waals surface area (Å²) in [6.07, 6.45) is 1.24. The van der Waals surface area contributed by atoms with Gasteiger partial charge >= 0.3 is 0 Å². The largest absolute Gasteiger partial charge is 0.308 e. The van der Waals surface area contributed by atoms with Crippen molar-refractivity contribution in [2.24, 2.45) is 0 Å². The van der Waals surface area contributed by atoms with Crippen LogP contribution in [0.4, 0.5) is 0 Å². The minimum atomic E-state index is 0.533. The molecule has 0 aromatic heterocycles. The van der Waals surface area contributed by atoms with Gasteiger partial charge in [0.05, 0.1) is 0 Å². The maximum atomic E-state index is 3.68. The van der Waals surface area contributed by atoms with Crippen molar-refractivity contribution in [3.63, 3.8) is 0 Å². The Morgan fingerprint density at radius 2 is 2.12 bits per heavy atom. The predicted octanol–water partition coefficient (Wildman–Crippen LogP) is 3.92. The van der Waals surface area contributed by atoms with Gasteiger partial charge in [0.15, 0.2) is 0 Å². The highest BCUT2D eigenvalue weighted by Gasteiger charge is 2.26. The average molecular weight is 235 g/mol. The third kappa shape index (κ3) is 2.44. The van der Waals surface area contributed by atoms with Crippen molar-refractivity contribution in [2.45, 2.75) is 56.3 Å². The molecule has 0 fully saturated rings. The highest BCUT2D eigenvalue weighted by atomic mass is 32.2. The molecule has 1 aromatic rings. The number of hydrogen-bond acceptors (Lipinski definition) is 2. The number of fused-ring (bicyclic) bond motifs is 1. The number of benzene rings is 1. The van der Waals surface area contributed by atoms with Crippen molar-refractivity contribution >= 4 is 11.8 Å². The zero-order valence-corrected chi connectivity index (χ0v) is 11.4. The van der Waals surface area contributed by atoms with Gasteiger partial charge in [0.25, 0.3) is 0 Å². The summed E-state index contributed by atoms with van der Waals surface area (Å²) >= 11 is 2.03. The summed E-state index contributed by atoms with van der Waals surface area (Å²) in [5.41, 5.74) is 2.92. The van der Waals surface area contributed by atoms with E-state index in [1.807, 2.05) is 11.8 Å². The molecule has 2 heteroatoms. The van der Waals surface area contributed by atoms with E-state index in [0.29, 0.717) is 17.3 Å². The first-order valence-electron chi connectivity index (χ1n) is 6.10. The van der Waals surface area contributed by atoms with Crippen LogP contribution in [0.1, 0.15) is 44.4 Å². The topological polar surface area (TPSA) is 12.0 Å². The number of aryl methyl sites for hydroxylation is 1. The maximum Gasteiger partial charge on any atom is 0.0344 e. The molecule has 1 N–H and O–H groups in total. The summed E-state index contributed by atoms with van der Waals surface area (Å²) in [6, 6.07) is 7.76. The fourth-order valence-corrected chi connectivity index (χ4v) is 3.67. The summed E-state index contributed by atoms with van der Waals surface area (Å²) in [5, 5.41) is 4.40. The van der Waals surface area contributed by atoms with Gasteiger partial charge in [-0.3, -0.25) is 0 Å². The van der Waals surface area contributed by atoms with Gasteiger partial charge in [-0.05, 0) is 24.5 Å². The first-order chi connectivity index (χ1) is 7.58. The smallest absolute Gasteiger partial charge is 0.0344 e. The first kappa shape index (κ1) is 12.0. The molecule has 0 radical (unpaired) electrons. The van der Waals surface area contributed by atoms with Crippen LogP contribution in [0.5, 0.6) is 0 Å². The molecule has 0 bridgehead atoms. The van der Waals surface area contributed by atoms with E-state index in [1.54, 1.807) is 0 Å². The van der Waals surface area contributed by atoms with Crippen LogP contribution in [0, 0.1) is 6.92 Å². The van der Waals surface area contributed by atoms with Gasteiger partial charge in [-0.25, -0.2) is 0 Å². The quantitative estimate of drug-likeness (QED) is 0.834. The number of thioether (sulfide) groups is 1. The lowest BCUT2D eigenvalue weighted by Crippen LogP contribution is -2.32. The standard InChI is InChI=1S/C14H21NS/c1-9(2)15-13-8-11(4)16-14-10(3)6-5-7-12(13)14/h5-7,9,11,13,15H,8H2,1-4H3. The van der Waals surface area contributed by atoms with Crippen molar-refractivity contribution in [3.8, 4) is 0 Å². The summed E-state index contributed by atoms with van der Waals surface area (Å²) in [5.74, 6) is 0. The summed E-state index contributed by atoms with van der Waals surface area (Å²) in [7, 11) is 0. The highest BCUT2D eigenvalue weighted by molar-refractivity contribution is 8.00.